The fourth-order valence-corrected chi connectivity index (χ4v) is 4.66. The molecule has 3 aromatic rings. The number of nitrogen functional groups attached to an aromatic ring is 1. The van der Waals surface area contributed by atoms with Crippen LogP contribution in [0.1, 0.15) is 12.8 Å². The van der Waals surface area contributed by atoms with E-state index in [9.17, 15) is 8.78 Å². The number of aromatic nitrogens is 3. The van der Waals surface area contributed by atoms with E-state index in [-0.39, 0.29) is 25.9 Å². The van der Waals surface area contributed by atoms with Crippen LogP contribution < -0.4 is 10.6 Å². The van der Waals surface area contributed by atoms with Crippen molar-refractivity contribution in [3.8, 4) is 11.3 Å². The van der Waals surface area contributed by atoms with Crippen molar-refractivity contribution in [1.29, 1.82) is 0 Å². The van der Waals surface area contributed by atoms with Gasteiger partial charge in [0, 0.05) is 46.3 Å². The van der Waals surface area contributed by atoms with E-state index in [1.54, 1.807) is 0 Å². The van der Waals surface area contributed by atoms with Gasteiger partial charge >= 0.3 is 0 Å². The zero-order valence-electron chi connectivity index (χ0n) is 18.9. The Hall–Kier alpha value is -2.52. The summed E-state index contributed by atoms with van der Waals surface area (Å²) in [6.07, 6.45) is 1.18. The third kappa shape index (κ3) is 5.10. The smallest absolute Gasteiger partial charge is 0.251 e. The SMILES string of the molecule is C[Si](C)(C)CCOCn1c(-c2ccc(N)cc2)cc2c(N3CCC(F)(F)CC3)ncnc21. The zero-order valence-corrected chi connectivity index (χ0v) is 19.9. The van der Waals surface area contributed by atoms with Gasteiger partial charge in [0.25, 0.3) is 5.92 Å². The molecular weight excluding hydrogens is 428 g/mol. The first kappa shape index (κ1) is 22.7. The molecule has 0 atom stereocenters. The first-order valence-electron chi connectivity index (χ1n) is 11.0. The van der Waals surface area contributed by atoms with Gasteiger partial charge in [-0.15, -0.1) is 0 Å². The highest BCUT2D eigenvalue weighted by Crippen LogP contribution is 2.35. The number of fused-ring (bicyclic) bond motifs is 1. The van der Waals surface area contributed by atoms with Crippen LogP contribution in [0, 0.1) is 0 Å². The molecule has 1 saturated heterocycles. The van der Waals surface area contributed by atoms with E-state index in [0.717, 1.165) is 28.3 Å². The van der Waals surface area contributed by atoms with Crippen molar-refractivity contribution in [2.45, 2.75) is 51.2 Å². The second-order valence-corrected chi connectivity index (χ2v) is 15.3. The van der Waals surface area contributed by atoms with Crippen molar-refractivity contribution in [1.82, 2.24) is 14.5 Å². The van der Waals surface area contributed by atoms with Gasteiger partial charge in [0.2, 0.25) is 0 Å². The number of benzene rings is 1. The van der Waals surface area contributed by atoms with Gasteiger partial charge in [-0.2, -0.15) is 0 Å². The largest absolute Gasteiger partial charge is 0.399 e. The van der Waals surface area contributed by atoms with E-state index in [1.165, 1.54) is 6.33 Å². The molecule has 0 unspecified atom stereocenters. The molecule has 0 amide bonds. The average Bonchev–Trinajstić information content (AvgIpc) is 3.10. The van der Waals surface area contributed by atoms with Crippen LogP contribution in [0.2, 0.25) is 25.7 Å². The monoisotopic (exact) mass is 459 g/mol. The van der Waals surface area contributed by atoms with Crippen molar-refractivity contribution >= 4 is 30.6 Å². The minimum Gasteiger partial charge on any atom is -0.399 e. The van der Waals surface area contributed by atoms with Gasteiger partial charge in [0.05, 0.1) is 11.1 Å². The quantitative estimate of drug-likeness (QED) is 0.298. The highest BCUT2D eigenvalue weighted by Gasteiger charge is 2.35. The van der Waals surface area contributed by atoms with E-state index < -0.39 is 14.0 Å². The van der Waals surface area contributed by atoms with Crippen LogP contribution in [0.5, 0.6) is 0 Å². The molecule has 32 heavy (non-hydrogen) atoms. The summed E-state index contributed by atoms with van der Waals surface area (Å²) in [5.74, 6) is -1.91. The summed E-state index contributed by atoms with van der Waals surface area (Å²) in [6.45, 7) is 8.56. The Kier molecular flexibility index (Phi) is 6.22. The lowest BCUT2D eigenvalue weighted by Gasteiger charge is -2.32. The highest BCUT2D eigenvalue weighted by atomic mass is 28.3. The van der Waals surface area contributed by atoms with Crippen molar-refractivity contribution < 1.29 is 13.5 Å². The fourth-order valence-electron chi connectivity index (χ4n) is 3.91. The number of piperidine rings is 1. The number of alkyl halides is 2. The second kappa shape index (κ2) is 8.78. The minimum absolute atomic E-state index is 0.163. The van der Waals surface area contributed by atoms with Crippen molar-refractivity contribution in [2.75, 3.05) is 30.3 Å². The van der Waals surface area contributed by atoms with Crippen LogP contribution in [-0.2, 0) is 11.5 Å². The molecule has 1 aromatic carbocycles. The normalized spacial score (nSPS) is 16.6. The van der Waals surface area contributed by atoms with Crippen molar-refractivity contribution in [3.05, 3.63) is 36.7 Å². The van der Waals surface area contributed by atoms with Gasteiger partial charge in [-0.1, -0.05) is 31.8 Å². The lowest BCUT2D eigenvalue weighted by atomic mass is 10.1. The molecule has 0 radical (unpaired) electrons. The molecule has 1 aliphatic heterocycles. The summed E-state index contributed by atoms with van der Waals surface area (Å²) in [6, 6.07) is 10.8. The minimum atomic E-state index is -2.60. The highest BCUT2D eigenvalue weighted by molar-refractivity contribution is 6.76. The standard InChI is InChI=1S/C23H31F2N5OSi/c1-32(2,3)13-12-31-16-30-20(17-4-6-18(26)7-5-17)14-19-21(27-15-28-22(19)30)29-10-8-23(24,25)9-11-29/h4-7,14-15H,8-13,16,26H2,1-3H3. The van der Waals surface area contributed by atoms with Crippen LogP contribution in [0.3, 0.4) is 0 Å². The molecule has 172 valence electrons. The number of hydrogen-bond donors (Lipinski definition) is 1. The topological polar surface area (TPSA) is 69.2 Å². The maximum absolute atomic E-state index is 13.7. The average molecular weight is 460 g/mol. The van der Waals surface area contributed by atoms with Gasteiger partial charge in [-0.3, -0.25) is 0 Å². The van der Waals surface area contributed by atoms with E-state index in [4.69, 9.17) is 10.5 Å². The van der Waals surface area contributed by atoms with Gasteiger partial charge < -0.3 is 19.9 Å². The molecule has 1 fully saturated rings. The van der Waals surface area contributed by atoms with Gasteiger partial charge in [0.1, 0.15) is 24.5 Å². The molecule has 0 spiro atoms. The van der Waals surface area contributed by atoms with Gasteiger partial charge in [-0.25, -0.2) is 18.7 Å². The number of nitrogens with two attached hydrogens (primary N) is 1. The molecule has 3 heterocycles. The predicted molar refractivity (Wildman–Crippen MR) is 128 cm³/mol. The molecule has 9 heteroatoms. The number of anilines is 2. The van der Waals surface area contributed by atoms with Crippen LogP contribution >= 0.6 is 0 Å². The lowest BCUT2D eigenvalue weighted by Crippen LogP contribution is -2.39. The Morgan fingerprint density at radius 3 is 2.44 bits per heavy atom. The number of nitrogens with zero attached hydrogens (tertiary/aromatic N) is 4. The third-order valence-corrected chi connectivity index (χ3v) is 7.59. The maximum Gasteiger partial charge on any atom is 0.251 e. The van der Waals surface area contributed by atoms with Crippen molar-refractivity contribution in [3.63, 3.8) is 0 Å². The van der Waals surface area contributed by atoms with Crippen LogP contribution in [-0.4, -0.2) is 48.2 Å². The number of rotatable bonds is 7. The van der Waals surface area contributed by atoms with Crippen LogP contribution in [0.15, 0.2) is 36.7 Å². The Morgan fingerprint density at radius 1 is 1.09 bits per heavy atom. The van der Waals surface area contributed by atoms with E-state index in [1.807, 2.05) is 39.8 Å². The number of ether oxygens (including phenoxy) is 1. The number of hydrogen-bond acceptors (Lipinski definition) is 5. The fraction of sp³-hybridized carbons (Fsp3) is 0.478. The Morgan fingerprint density at radius 2 is 1.78 bits per heavy atom. The molecule has 0 aliphatic carbocycles. The molecule has 1 aliphatic rings. The van der Waals surface area contributed by atoms with Gasteiger partial charge in [-0.05, 0) is 29.8 Å². The van der Waals surface area contributed by atoms with E-state index in [2.05, 4.69) is 29.6 Å². The van der Waals surface area contributed by atoms with Crippen LogP contribution in [0.4, 0.5) is 20.3 Å². The Labute approximate surface area is 188 Å². The molecular formula is C23H31F2N5OSi. The van der Waals surface area contributed by atoms with Gasteiger partial charge in [0.15, 0.2) is 0 Å². The summed E-state index contributed by atoms with van der Waals surface area (Å²) in [5, 5.41) is 0.846. The first-order valence-corrected chi connectivity index (χ1v) is 14.7. The summed E-state index contributed by atoms with van der Waals surface area (Å²) in [7, 11) is -1.20. The third-order valence-electron chi connectivity index (χ3n) is 5.89. The first-order chi connectivity index (χ1) is 15.1. The molecule has 4 rings (SSSR count). The maximum atomic E-state index is 13.7. The molecule has 6 nitrogen and oxygen atoms in total. The summed E-state index contributed by atoms with van der Waals surface area (Å²) >= 11 is 0. The molecule has 2 aromatic heterocycles. The molecule has 0 bridgehead atoms. The zero-order chi connectivity index (χ0) is 22.9. The lowest BCUT2D eigenvalue weighted by molar-refractivity contribution is -0.0221. The van der Waals surface area contributed by atoms with Crippen molar-refractivity contribution in [2.24, 2.45) is 0 Å². The predicted octanol–water partition coefficient (Wildman–Crippen LogP) is 5.23. The van der Waals surface area contributed by atoms with Crippen LogP contribution in [0.25, 0.3) is 22.3 Å². The summed E-state index contributed by atoms with van der Waals surface area (Å²) in [4.78, 5) is 10.9. The Balaban J connectivity index is 1.70. The number of halogens is 2. The van der Waals surface area contributed by atoms with E-state index in [0.29, 0.717) is 24.8 Å². The molecule has 2 N–H and O–H groups in total. The van der Waals surface area contributed by atoms with E-state index >= 15 is 0 Å². The molecule has 0 saturated carbocycles. The summed E-state index contributed by atoms with van der Waals surface area (Å²) < 4.78 is 35.5. The summed E-state index contributed by atoms with van der Waals surface area (Å²) in [5.41, 5.74) is 9.25. The Bertz CT molecular complexity index is 1070. The second-order valence-electron chi connectivity index (χ2n) is 9.71.